The van der Waals surface area contributed by atoms with Crippen LogP contribution in [0.25, 0.3) is 0 Å². The van der Waals surface area contributed by atoms with Gasteiger partial charge in [0.05, 0.1) is 17.6 Å². The second kappa shape index (κ2) is 9.00. The molecule has 1 aliphatic carbocycles. The van der Waals surface area contributed by atoms with Crippen molar-refractivity contribution in [3.8, 4) is 6.07 Å². The van der Waals surface area contributed by atoms with Crippen molar-refractivity contribution in [1.82, 2.24) is 4.90 Å². The Hall–Kier alpha value is -3.66. The van der Waals surface area contributed by atoms with Crippen LogP contribution >= 0.6 is 0 Å². The fraction of sp³-hybridized carbons (Fsp3) is 0.333. The maximum atomic E-state index is 12.8. The minimum Gasteiger partial charge on any atom is -0.342 e. The van der Waals surface area contributed by atoms with Crippen LogP contribution in [0.4, 0.5) is 11.4 Å². The molecule has 7 heteroatoms. The summed E-state index contributed by atoms with van der Waals surface area (Å²) in [5, 5.41) is 14.7. The van der Waals surface area contributed by atoms with Gasteiger partial charge in [0, 0.05) is 35.9 Å². The number of nitrogens with zero attached hydrogens (tertiary/aromatic N) is 2. The number of carbonyl (C=O) groups is 3. The van der Waals surface area contributed by atoms with E-state index < -0.39 is 0 Å². The molecule has 2 aromatic rings. The predicted octanol–water partition coefficient (Wildman–Crippen LogP) is 3.40. The van der Waals surface area contributed by atoms with Gasteiger partial charge in [-0.3, -0.25) is 14.4 Å². The number of nitrogens with one attached hydrogen (secondary N) is 2. The maximum absolute atomic E-state index is 12.8. The molecule has 2 aromatic carbocycles. The molecule has 0 spiro atoms. The van der Waals surface area contributed by atoms with Crippen LogP contribution in [0, 0.1) is 23.2 Å². The smallest absolute Gasteiger partial charge is 0.255 e. The second-order valence-electron chi connectivity index (χ2n) is 8.11. The molecule has 0 bridgehead atoms. The first-order valence-electron chi connectivity index (χ1n) is 10.5. The molecular weight excluding hydrogens is 392 g/mol. The molecule has 31 heavy (non-hydrogen) atoms. The third-order valence-electron chi connectivity index (χ3n) is 5.67. The maximum Gasteiger partial charge on any atom is 0.255 e. The van der Waals surface area contributed by atoms with Crippen LogP contribution in [0.2, 0.25) is 0 Å². The van der Waals surface area contributed by atoms with Gasteiger partial charge in [-0.25, -0.2) is 0 Å². The molecule has 1 heterocycles. The van der Waals surface area contributed by atoms with Gasteiger partial charge >= 0.3 is 0 Å². The van der Waals surface area contributed by atoms with E-state index in [1.165, 1.54) is 0 Å². The molecule has 158 valence electrons. The van der Waals surface area contributed by atoms with Gasteiger partial charge in [-0.15, -0.1) is 0 Å². The van der Waals surface area contributed by atoms with E-state index in [-0.39, 0.29) is 29.6 Å². The average Bonchev–Trinajstić information content (AvgIpc) is 3.64. The lowest BCUT2D eigenvalue weighted by Crippen LogP contribution is -2.44. The highest BCUT2D eigenvalue weighted by molar-refractivity contribution is 6.05. The molecule has 1 aliphatic heterocycles. The SMILES string of the molecule is N#Cc1cccc(NC(=O)c2cccc(NC(=O)C3CCCN(C(=O)C4CC4)C3)c2)c1. The molecule has 1 saturated carbocycles. The van der Waals surface area contributed by atoms with Gasteiger partial charge in [0.25, 0.3) is 5.91 Å². The second-order valence-corrected chi connectivity index (χ2v) is 8.11. The van der Waals surface area contributed by atoms with Crippen molar-refractivity contribution in [2.24, 2.45) is 11.8 Å². The summed E-state index contributed by atoms with van der Waals surface area (Å²) >= 11 is 0. The molecular formula is C24H24N4O3. The largest absolute Gasteiger partial charge is 0.342 e. The first kappa shape index (κ1) is 20.6. The van der Waals surface area contributed by atoms with Crippen molar-refractivity contribution < 1.29 is 14.4 Å². The Morgan fingerprint density at radius 2 is 1.68 bits per heavy atom. The van der Waals surface area contributed by atoms with Crippen molar-refractivity contribution >= 4 is 29.1 Å². The monoisotopic (exact) mass is 416 g/mol. The molecule has 0 aromatic heterocycles. The first-order chi connectivity index (χ1) is 15.0. The minimum absolute atomic E-state index is 0.132. The lowest BCUT2D eigenvalue weighted by molar-refractivity contribution is -0.135. The Morgan fingerprint density at radius 1 is 0.935 bits per heavy atom. The normalized spacial score (nSPS) is 18.0. The Bertz CT molecular complexity index is 1050. The van der Waals surface area contributed by atoms with Crippen molar-refractivity contribution in [2.45, 2.75) is 25.7 Å². The number of likely N-dealkylation sites (tertiary alicyclic amines) is 1. The molecule has 7 nitrogen and oxygen atoms in total. The van der Waals surface area contributed by atoms with E-state index in [0.29, 0.717) is 29.0 Å². The summed E-state index contributed by atoms with van der Waals surface area (Å²) in [7, 11) is 0. The number of benzene rings is 2. The Kier molecular flexibility index (Phi) is 5.99. The lowest BCUT2D eigenvalue weighted by Gasteiger charge is -2.32. The summed E-state index contributed by atoms with van der Waals surface area (Å²) < 4.78 is 0. The summed E-state index contributed by atoms with van der Waals surface area (Å²) in [5.41, 5.74) is 1.92. The zero-order chi connectivity index (χ0) is 21.8. The van der Waals surface area contributed by atoms with Crippen molar-refractivity contribution in [3.05, 3.63) is 59.7 Å². The third kappa shape index (κ3) is 5.10. The average molecular weight is 416 g/mol. The van der Waals surface area contributed by atoms with Crippen molar-refractivity contribution in [1.29, 1.82) is 5.26 Å². The van der Waals surface area contributed by atoms with Crippen LogP contribution in [-0.4, -0.2) is 35.7 Å². The van der Waals surface area contributed by atoms with E-state index in [2.05, 4.69) is 10.6 Å². The Morgan fingerprint density at radius 3 is 2.42 bits per heavy atom. The molecule has 4 rings (SSSR count). The molecule has 1 saturated heterocycles. The summed E-state index contributed by atoms with van der Waals surface area (Å²) in [4.78, 5) is 39.5. The lowest BCUT2D eigenvalue weighted by atomic mass is 9.96. The minimum atomic E-state index is -0.329. The number of hydrogen-bond donors (Lipinski definition) is 2. The molecule has 2 fully saturated rings. The summed E-state index contributed by atoms with van der Waals surface area (Å²) in [6.07, 6.45) is 3.49. The van der Waals surface area contributed by atoms with Crippen LogP contribution in [0.1, 0.15) is 41.6 Å². The predicted molar refractivity (Wildman–Crippen MR) is 116 cm³/mol. The van der Waals surface area contributed by atoms with Gasteiger partial charge in [-0.05, 0) is 62.1 Å². The van der Waals surface area contributed by atoms with Gasteiger partial charge in [0.1, 0.15) is 0 Å². The molecule has 2 aliphatic rings. The molecule has 3 amide bonds. The van der Waals surface area contributed by atoms with Gasteiger partial charge in [-0.2, -0.15) is 5.26 Å². The topological polar surface area (TPSA) is 102 Å². The van der Waals surface area contributed by atoms with Crippen LogP contribution in [-0.2, 0) is 9.59 Å². The fourth-order valence-electron chi connectivity index (χ4n) is 3.83. The summed E-state index contributed by atoms with van der Waals surface area (Å²) in [5.74, 6) is -0.372. The van der Waals surface area contributed by atoms with Crippen molar-refractivity contribution in [3.63, 3.8) is 0 Å². The highest BCUT2D eigenvalue weighted by Gasteiger charge is 2.36. The number of piperidine rings is 1. The molecule has 0 radical (unpaired) electrons. The number of anilines is 2. The van der Waals surface area contributed by atoms with Gasteiger partial charge in [-0.1, -0.05) is 12.1 Å². The van der Waals surface area contributed by atoms with E-state index in [4.69, 9.17) is 5.26 Å². The Balaban J connectivity index is 1.38. The molecule has 1 atom stereocenters. The van der Waals surface area contributed by atoms with E-state index in [1.54, 1.807) is 48.5 Å². The van der Waals surface area contributed by atoms with E-state index >= 15 is 0 Å². The van der Waals surface area contributed by atoms with E-state index in [1.807, 2.05) is 11.0 Å². The molecule has 2 N–H and O–H groups in total. The highest BCUT2D eigenvalue weighted by atomic mass is 16.2. The van der Waals surface area contributed by atoms with Gasteiger partial charge in [0.15, 0.2) is 0 Å². The number of amides is 3. The summed E-state index contributed by atoms with van der Waals surface area (Å²) in [6.45, 7) is 1.18. The Labute approximate surface area is 181 Å². The quantitative estimate of drug-likeness (QED) is 0.780. The number of carbonyl (C=O) groups excluding carboxylic acids is 3. The van der Waals surface area contributed by atoms with Crippen molar-refractivity contribution in [2.75, 3.05) is 23.7 Å². The van der Waals surface area contributed by atoms with E-state index in [0.717, 1.165) is 32.2 Å². The fourth-order valence-corrected chi connectivity index (χ4v) is 3.83. The first-order valence-corrected chi connectivity index (χ1v) is 10.5. The van der Waals surface area contributed by atoms with Crippen LogP contribution in [0.3, 0.4) is 0 Å². The van der Waals surface area contributed by atoms with E-state index in [9.17, 15) is 14.4 Å². The standard InChI is InChI=1S/C24H24N4O3/c25-14-16-4-1-7-20(12-16)26-22(29)18-5-2-8-21(13-18)27-23(30)19-6-3-11-28(15-19)24(31)17-9-10-17/h1-2,4-5,7-8,12-13,17,19H,3,6,9-11,15H2,(H,26,29)(H,27,30). The zero-order valence-corrected chi connectivity index (χ0v) is 17.1. The third-order valence-corrected chi connectivity index (χ3v) is 5.67. The number of nitriles is 1. The highest BCUT2D eigenvalue weighted by Crippen LogP contribution is 2.32. The molecule has 1 unspecified atom stereocenters. The number of hydrogen-bond acceptors (Lipinski definition) is 4. The van der Waals surface area contributed by atoms with Crippen LogP contribution in [0.5, 0.6) is 0 Å². The summed E-state index contributed by atoms with van der Waals surface area (Å²) in [6, 6.07) is 15.4. The van der Waals surface area contributed by atoms with Gasteiger partial charge < -0.3 is 15.5 Å². The van der Waals surface area contributed by atoms with Crippen LogP contribution < -0.4 is 10.6 Å². The van der Waals surface area contributed by atoms with Gasteiger partial charge in [0.2, 0.25) is 11.8 Å². The zero-order valence-electron chi connectivity index (χ0n) is 17.1. The number of rotatable bonds is 5. The van der Waals surface area contributed by atoms with Crippen LogP contribution in [0.15, 0.2) is 48.5 Å².